The summed E-state index contributed by atoms with van der Waals surface area (Å²) in [4.78, 5) is 23.9. The molecule has 2 atom stereocenters. The summed E-state index contributed by atoms with van der Waals surface area (Å²) in [7, 11) is 1.58. The third kappa shape index (κ3) is 4.80. The van der Waals surface area contributed by atoms with Gasteiger partial charge in [0.25, 0.3) is 0 Å². The van der Waals surface area contributed by atoms with Crippen molar-refractivity contribution in [1.82, 2.24) is 4.68 Å². The van der Waals surface area contributed by atoms with E-state index >= 15 is 0 Å². The Morgan fingerprint density at radius 3 is 2.72 bits per heavy atom. The van der Waals surface area contributed by atoms with Gasteiger partial charge in [-0.2, -0.15) is 0 Å². The fourth-order valence-electron chi connectivity index (χ4n) is 4.07. The third-order valence-corrected chi connectivity index (χ3v) is 7.69. The van der Waals surface area contributed by atoms with E-state index in [1.165, 1.54) is 6.07 Å². The van der Waals surface area contributed by atoms with Crippen LogP contribution in [0.15, 0.2) is 33.7 Å². The first kappa shape index (κ1) is 25.3. The number of carboxylic acids is 1. The van der Waals surface area contributed by atoms with E-state index in [9.17, 15) is 14.7 Å². The molecule has 3 rings (SSSR count). The van der Waals surface area contributed by atoms with Crippen molar-refractivity contribution in [1.29, 1.82) is 0 Å². The van der Waals surface area contributed by atoms with Gasteiger partial charge >= 0.3 is 5.97 Å². The number of nitrogens with zero attached hydrogens (tertiary/aromatic N) is 2. The van der Waals surface area contributed by atoms with Crippen molar-refractivity contribution in [2.75, 3.05) is 12.1 Å². The van der Waals surface area contributed by atoms with Gasteiger partial charge in [0.05, 0.1) is 16.6 Å². The molecule has 32 heavy (non-hydrogen) atoms. The van der Waals surface area contributed by atoms with Crippen LogP contribution in [0.4, 0.5) is 0 Å². The summed E-state index contributed by atoms with van der Waals surface area (Å²) in [6, 6.07) is 4.89. The van der Waals surface area contributed by atoms with Crippen LogP contribution in [0.2, 0.25) is 5.02 Å². The number of hydrogen-bond acceptors (Lipinski definition) is 5. The predicted molar refractivity (Wildman–Crippen MR) is 136 cm³/mol. The number of aromatic nitrogens is 1. The molecule has 1 saturated heterocycles. The second-order valence-corrected chi connectivity index (χ2v) is 10.5. The largest absolute Gasteiger partial charge is 0.477 e. The van der Waals surface area contributed by atoms with Crippen LogP contribution >= 0.6 is 50.1 Å². The predicted octanol–water partition coefficient (Wildman–Crippen LogP) is 5.58. The van der Waals surface area contributed by atoms with Crippen molar-refractivity contribution in [3.63, 3.8) is 0 Å². The van der Waals surface area contributed by atoms with E-state index in [0.717, 1.165) is 22.9 Å². The van der Waals surface area contributed by atoms with Crippen LogP contribution in [0.25, 0.3) is 0 Å². The van der Waals surface area contributed by atoms with Gasteiger partial charge in [-0.1, -0.05) is 34.5 Å². The average molecular weight is 640 g/mol. The number of ether oxygens (including phenoxy) is 2. The van der Waals surface area contributed by atoms with Crippen LogP contribution in [0.3, 0.4) is 0 Å². The first-order chi connectivity index (χ1) is 15.0. The molecule has 0 aliphatic carbocycles. The van der Waals surface area contributed by atoms with Gasteiger partial charge in [0.1, 0.15) is 15.0 Å². The highest BCUT2D eigenvalue weighted by atomic mass is 127. The molecule has 2 aromatic rings. The Labute approximate surface area is 213 Å². The van der Waals surface area contributed by atoms with Gasteiger partial charge < -0.3 is 14.6 Å². The first-order valence-corrected chi connectivity index (χ1v) is 12.4. The molecule has 0 radical (unpaired) electrons. The van der Waals surface area contributed by atoms with Gasteiger partial charge in [-0.15, -0.1) is 0 Å². The molecule has 0 saturated carbocycles. The van der Waals surface area contributed by atoms with Gasteiger partial charge in [-0.3, -0.25) is 14.5 Å². The zero-order chi connectivity index (χ0) is 23.8. The fraction of sp³-hybridized carbons (Fsp3) is 0.455. The van der Waals surface area contributed by atoms with Gasteiger partial charge in [0.15, 0.2) is 11.7 Å². The van der Waals surface area contributed by atoms with Crippen LogP contribution < -0.4 is 15.2 Å². The van der Waals surface area contributed by atoms with Crippen molar-refractivity contribution in [2.45, 2.75) is 57.9 Å². The Kier molecular flexibility index (Phi) is 7.84. The molecule has 1 N–H and O–H groups in total. The Morgan fingerprint density at radius 1 is 1.44 bits per heavy atom. The number of benzene rings is 1. The molecule has 174 valence electrons. The van der Waals surface area contributed by atoms with Crippen molar-refractivity contribution >= 4 is 56.1 Å². The molecule has 0 spiro atoms. The third-order valence-electron chi connectivity index (χ3n) is 5.68. The normalized spacial score (nSPS) is 18.6. The van der Waals surface area contributed by atoms with E-state index in [1.807, 2.05) is 35.6 Å². The standard InChI is InChI=1S/C22H25BrClIN2O5/c1-5-18(31-4)32-17-10-12(13(23)11-14(17)24)15-6-8-22(2,3)27(15)26-9-7-16(28)19(20(26)25)21(29)30/h7,9-11,15,18H,5-6,8H2,1-4H3,(H,29,30). The highest BCUT2D eigenvalue weighted by Crippen LogP contribution is 2.45. The molecule has 1 fully saturated rings. The summed E-state index contributed by atoms with van der Waals surface area (Å²) < 4.78 is 14.3. The van der Waals surface area contributed by atoms with Gasteiger partial charge in [0.2, 0.25) is 0 Å². The van der Waals surface area contributed by atoms with E-state index in [4.69, 9.17) is 21.1 Å². The summed E-state index contributed by atoms with van der Waals surface area (Å²) in [5.74, 6) is -0.722. The van der Waals surface area contributed by atoms with Gasteiger partial charge in [0, 0.05) is 30.3 Å². The second kappa shape index (κ2) is 9.90. The number of carboxylic acid groups (broad SMARTS) is 1. The number of hydrogen-bond donors (Lipinski definition) is 1. The van der Waals surface area contributed by atoms with Crippen LogP contribution in [0, 0.1) is 3.70 Å². The minimum atomic E-state index is -1.24. The number of methoxy groups -OCH3 is 1. The van der Waals surface area contributed by atoms with Crippen LogP contribution in [-0.4, -0.2) is 34.7 Å². The van der Waals surface area contributed by atoms with Crippen molar-refractivity contribution in [3.8, 4) is 5.75 Å². The number of aromatic carboxylic acids is 1. The van der Waals surface area contributed by atoms with Crippen LogP contribution in [0.1, 0.15) is 62.0 Å². The molecule has 2 unspecified atom stereocenters. The Balaban J connectivity index is 2.14. The monoisotopic (exact) mass is 638 g/mol. The lowest BCUT2D eigenvalue weighted by Gasteiger charge is -2.40. The Hall–Kier alpha value is -1.30. The van der Waals surface area contributed by atoms with Gasteiger partial charge in [-0.05, 0) is 67.0 Å². The Bertz CT molecular complexity index is 1090. The van der Waals surface area contributed by atoms with E-state index in [2.05, 4.69) is 34.8 Å². The highest BCUT2D eigenvalue weighted by Gasteiger charge is 2.42. The summed E-state index contributed by atoms with van der Waals surface area (Å²) in [5.41, 5.74) is -0.0965. The maximum atomic E-state index is 12.2. The molecule has 1 aliphatic heterocycles. The van der Waals surface area contributed by atoms with Crippen molar-refractivity contribution in [3.05, 3.63) is 58.9 Å². The molecule has 7 nitrogen and oxygen atoms in total. The van der Waals surface area contributed by atoms with E-state index < -0.39 is 17.7 Å². The Morgan fingerprint density at radius 2 is 2.12 bits per heavy atom. The van der Waals surface area contributed by atoms with Crippen LogP contribution in [-0.2, 0) is 4.74 Å². The quantitative estimate of drug-likeness (QED) is 0.242. The lowest BCUT2D eigenvalue weighted by atomic mass is 10.0. The second-order valence-electron chi connectivity index (χ2n) is 8.20. The average Bonchev–Trinajstić information content (AvgIpc) is 3.02. The topological polar surface area (TPSA) is 81.0 Å². The highest BCUT2D eigenvalue weighted by molar-refractivity contribution is 14.1. The SMILES string of the molecule is CCC(OC)Oc1cc(C2CCC(C)(C)N2n2ccc(=O)c(C(=O)O)c2I)c(Br)cc1Cl. The lowest BCUT2D eigenvalue weighted by molar-refractivity contribution is -0.0548. The molecular weight excluding hydrogens is 615 g/mol. The number of carbonyl (C=O) groups is 1. The minimum Gasteiger partial charge on any atom is -0.477 e. The smallest absolute Gasteiger partial charge is 0.342 e. The van der Waals surface area contributed by atoms with Gasteiger partial charge in [-0.25, -0.2) is 4.79 Å². The number of halogens is 3. The molecule has 1 aromatic carbocycles. The molecule has 0 amide bonds. The van der Waals surface area contributed by atoms with Crippen molar-refractivity contribution in [2.24, 2.45) is 0 Å². The molecule has 1 aliphatic rings. The lowest BCUT2D eigenvalue weighted by Crippen LogP contribution is -2.49. The van der Waals surface area contributed by atoms with E-state index in [-0.39, 0.29) is 17.1 Å². The summed E-state index contributed by atoms with van der Waals surface area (Å²) in [6.07, 6.45) is 3.56. The molecule has 0 bridgehead atoms. The first-order valence-electron chi connectivity index (χ1n) is 10.1. The zero-order valence-electron chi connectivity index (χ0n) is 18.2. The molecule has 1 aromatic heterocycles. The summed E-state index contributed by atoms with van der Waals surface area (Å²) >= 11 is 12.0. The van der Waals surface area contributed by atoms with Crippen molar-refractivity contribution < 1.29 is 19.4 Å². The van der Waals surface area contributed by atoms with E-state index in [1.54, 1.807) is 24.0 Å². The minimum absolute atomic E-state index is 0.112. The molecular formula is C22H25BrClIN2O5. The maximum Gasteiger partial charge on any atom is 0.342 e. The number of rotatable bonds is 7. The molecule has 2 heterocycles. The molecule has 10 heteroatoms. The fourth-order valence-corrected chi connectivity index (χ4v) is 5.91. The van der Waals surface area contributed by atoms with Crippen LogP contribution in [0.5, 0.6) is 5.75 Å². The zero-order valence-corrected chi connectivity index (χ0v) is 22.7. The summed E-state index contributed by atoms with van der Waals surface area (Å²) in [6.45, 7) is 6.16. The number of pyridine rings is 1. The maximum absolute atomic E-state index is 12.2. The summed E-state index contributed by atoms with van der Waals surface area (Å²) in [5, 5.41) is 12.2. The van der Waals surface area contributed by atoms with E-state index in [0.29, 0.717) is 20.9 Å².